The van der Waals surface area contributed by atoms with Crippen LogP contribution in [-0.4, -0.2) is 56.7 Å². The molecule has 1 aromatic carbocycles. The highest BCUT2D eigenvalue weighted by Gasteiger charge is 2.31. The molecule has 1 amide bonds. The fourth-order valence-electron chi connectivity index (χ4n) is 3.17. The van der Waals surface area contributed by atoms with Gasteiger partial charge in [0.25, 0.3) is 5.91 Å². The van der Waals surface area contributed by atoms with Crippen molar-refractivity contribution in [3.63, 3.8) is 0 Å². The third kappa shape index (κ3) is 4.05. The van der Waals surface area contributed by atoms with Crippen molar-refractivity contribution in [2.75, 3.05) is 31.1 Å². The molecule has 1 aliphatic rings. The van der Waals surface area contributed by atoms with E-state index in [1.54, 1.807) is 28.2 Å². The van der Waals surface area contributed by atoms with E-state index in [9.17, 15) is 18.0 Å². The van der Waals surface area contributed by atoms with E-state index in [1.165, 1.54) is 12.1 Å². The third-order valence-electron chi connectivity index (χ3n) is 4.73. The molecule has 0 saturated carbocycles. The van der Waals surface area contributed by atoms with Gasteiger partial charge in [0.15, 0.2) is 11.6 Å². The molecule has 0 atom stereocenters. The van der Waals surface area contributed by atoms with Gasteiger partial charge in [-0.15, -0.1) is 10.2 Å². The number of halogens is 3. The number of benzene rings is 1. The molecule has 1 aliphatic heterocycles. The van der Waals surface area contributed by atoms with E-state index in [0.717, 1.165) is 12.1 Å². The average molecular weight is 402 g/mol. The number of anilines is 1. The van der Waals surface area contributed by atoms with Crippen molar-refractivity contribution in [3.05, 3.63) is 66.2 Å². The number of hydrogen-bond donors (Lipinski definition) is 0. The van der Waals surface area contributed by atoms with Crippen LogP contribution in [0.3, 0.4) is 0 Å². The van der Waals surface area contributed by atoms with Gasteiger partial charge in [-0.2, -0.15) is 13.2 Å². The zero-order valence-corrected chi connectivity index (χ0v) is 15.3. The van der Waals surface area contributed by atoms with Crippen LogP contribution in [0.4, 0.5) is 19.0 Å². The predicted molar refractivity (Wildman–Crippen MR) is 98.7 cm³/mol. The molecule has 4 rings (SSSR count). The third-order valence-corrected chi connectivity index (χ3v) is 4.73. The molecule has 0 unspecified atom stereocenters. The van der Waals surface area contributed by atoms with Crippen molar-refractivity contribution in [1.29, 1.82) is 0 Å². The standard InChI is InChI=1S/C19H17F3N6O/c20-19(21,22)15-3-1-2-14(12-15)18(29)27-10-8-26(9-11-27)16-4-5-17(25-24-16)28-7-6-23-13-28/h1-7,12-13H,8-11H2. The Morgan fingerprint density at radius 1 is 0.966 bits per heavy atom. The van der Waals surface area contributed by atoms with Gasteiger partial charge in [-0.25, -0.2) is 4.98 Å². The number of amides is 1. The van der Waals surface area contributed by atoms with Crippen LogP contribution in [0.2, 0.25) is 0 Å². The lowest BCUT2D eigenvalue weighted by molar-refractivity contribution is -0.137. The van der Waals surface area contributed by atoms with E-state index in [0.29, 0.717) is 37.8 Å². The number of nitrogens with zero attached hydrogens (tertiary/aromatic N) is 6. The molecule has 0 bridgehead atoms. The van der Waals surface area contributed by atoms with E-state index in [2.05, 4.69) is 15.2 Å². The van der Waals surface area contributed by atoms with Crippen LogP contribution < -0.4 is 4.90 Å². The van der Waals surface area contributed by atoms with Crippen molar-refractivity contribution in [2.45, 2.75) is 6.18 Å². The SMILES string of the molecule is O=C(c1cccc(C(F)(F)F)c1)N1CCN(c2ccc(-n3ccnc3)nn2)CC1. The maximum atomic E-state index is 12.9. The van der Waals surface area contributed by atoms with E-state index in [-0.39, 0.29) is 5.56 Å². The summed E-state index contributed by atoms with van der Waals surface area (Å²) in [4.78, 5) is 20.1. The van der Waals surface area contributed by atoms with Gasteiger partial charge in [0.05, 0.1) is 5.56 Å². The summed E-state index contributed by atoms with van der Waals surface area (Å²) >= 11 is 0. The van der Waals surface area contributed by atoms with E-state index >= 15 is 0 Å². The van der Waals surface area contributed by atoms with Gasteiger partial charge in [0.1, 0.15) is 6.33 Å². The molecule has 150 valence electrons. The first-order valence-corrected chi connectivity index (χ1v) is 8.95. The fraction of sp³-hybridized carbons (Fsp3) is 0.263. The fourth-order valence-corrected chi connectivity index (χ4v) is 3.17. The Labute approximate surface area is 164 Å². The Bertz CT molecular complexity index is 980. The lowest BCUT2D eigenvalue weighted by Gasteiger charge is -2.35. The minimum Gasteiger partial charge on any atom is -0.352 e. The minimum absolute atomic E-state index is 0.0396. The van der Waals surface area contributed by atoms with Gasteiger partial charge in [-0.05, 0) is 30.3 Å². The van der Waals surface area contributed by atoms with Crippen LogP contribution in [0.1, 0.15) is 15.9 Å². The second kappa shape index (κ2) is 7.53. The topological polar surface area (TPSA) is 67.2 Å². The predicted octanol–water partition coefficient (Wildman–Crippen LogP) is 2.64. The lowest BCUT2D eigenvalue weighted by Crippen LogP contribution is -2.49. The van der Waals surface area contributed by atoms with E-state index in [4.69, 9.17) is 0 Å². The van der Waals surface area contributed by atoms with Crippen LogP contribution in [0.15, 0.2) is 55.1 Å². The molecule has 0 aliphatic carbocycles. The molecule has 3 heterocycles. The smallest absolute Gasteiger partial charge is 0.352 e. The highest BCUT2D eigenvalue weighted by atomic mass is 19.4. The summed E-state index contributed by atoms with van der Waals surface area (Å²) in [5.74, 6) is 0.918. The van der Waals surface area contributed by atoms with Crippen molar-refractivity contribution in [3.8, 4) is 5.82 Å². The second-order valence-electron chi connectivity index (χ2n) is 6.58. The molecular weight excluding hydrogens is 385 g/mol. The first-order valence-electron chi connectivity index (χ1n) is 8.95. The first-order chi connectivity index (χ1) is 13.9. The molecule has 0 N–H and O–H groups in total. The number of rotatable bonds is 3. The van der Waals surface area contributed by atoms with Crippen molar-refractivity contribution >= 4 is 11.7 Å². The quantitative estimate of drug-likeness (QED) is 0.674. The Morgan fingerprint density at radius 2 is 1.69 bits per heavy atom. The van der Waals surface area contributed by atoms with E-state index in [1.807, 2.05) is 17.0 Å². The Kier molecular flexibility index (Phi) is 4.91. The normalized spacial score (nSPS) is 14.9. The van der Waals surface area contributed by atoms with Gasteiger partial charge in [-0.1, -0.05) is 6.07 Å². The minimum atomic E-state index is -4.48. The summed E-state index contributed by atoms with van der Waals surface area (Å²) in [5, 5.41) is 8.40. The van der Waals surface area contributed by atoms with Crippen LogP contribution in [0.25, 0.3) is 5.82 Å². The Morgan fingerprint density at radius 3 is 2.31 bits per heavy atom. The molecule has 2 aromatic heterocycles. The van der Waals surface area contributed by atoms with Crippen LogP contribution in [0.5, 0.6) is 0 Å². The van der Waals surface area contributed by atoms with Crippen LogP contribution >= 0.6 is 0 Å². The Balaban J connectivity index is 1.40. The average Bonchev–Trinajstić information content (AvgIpc) is 3.28. The van der Waals surface area contributed by atoms with Crippen molar-refractivity contribution in [1.82, 2.24) is 24.6 Å². The van der Waals surface area contributed by atoms with Crippen LogP contribution in [-0.2, 0) is 6.18 Å². The summed E-state index contributed by atoms with van der Waals surface area (Å²) < 4.78 is 40.4. The molecular formula is C19H17F3N6O. The number of piperazine rings is 1. The van der Waals surface area contributed by atoms with Crippen molar-refractivity contribution in [2.24, 2.45) is 0 Å². The highest BCUT2D eigenvalue weighted by Crippen LogP contribution is 2.30. The number of hydrogen-bond acceptors (Lipinski definition) is 5. The zero-order chi connectivity index (χ0) is 20.4. The zero-order valence-electron chi connectivity index (χ0n) is 15.3. The summed E-state index contributed by atoms with van der Waals surface area (Å²) in [5.41, 5.74) is -0.784. The van der Waals surface area contributed by atoms with Gasteiger partial charge in [0, 0.05) is 44.1 Å². The molecule has 0 spiro atoms. The molecule has 0 radical (unpaired) electrons. The van der Waals surface area contributed by atoms with Gasteiger partial charge in [-0.3, -0.25) is 9.36 Å². The first kappa shape index (κ1) is 18.9. The summed E-state index contributed by atoms with van der Waals surface area (Å²) in [6.07, 6.45) is 0.566. The molecule has 3 aromatic rings. The lowest BCUT2D eigenvalue weighted by atomic mass is 10.1. The number of alkyl halides is 3. The maximum absolute atomic E-state index is 12.9. The largest absolute Gasteiger partial charge is 0.416 e. The maximum Gasteiger partial charge on any atom is 0.416 e. The molecule has 1 saturated heterocycles. The van der Waals surface area contributed by atoms with Gasteiger partial charge < -0.3 is 9.80 Å². The number of imidazole rings is 1. The molecule has 7 nitrogen and oxygen atoms in total. The summed E-state index contributed by atoms with van der Waals surface area (Å²) in [6, 6.07) is 8.18. The number of carbonyl (C=O) groups excluding carboxylic acids is 1. The van der Waals surface area contributed by atoms with E-state index < -0.39 is 17.6 Å². The van der Waals surface area contributed by atoms with Crippen LogP contribution in [0, 0.1) is 0 Å². The summed E-state index contributed by atoms with van der Waals surface area (Å²) in [7, 11) is 0. The van der Waals surface area contributed by atoms with Crippen molar-refractivity contribution < 1.29 is 18.0 Å². The number of carbonyl (C=O) groups is 1. The molecule has 1 fully saturated rings. The second-order valence-corrected chi connectivity index (χ2v) is 6.58. The molecule has 10 heteroatoms. The summed E-state index contributed by atoms with van der Waals surface area (Å²) in [6.45, 7) is 1.81. The monoisotopic (exact) mass is 402 g/mol. The van der Waals surface area contributed by atoms with Gasteiger partial charge >= 0.3 is 6.18 Å². The number of aromatic nitrogens is 4. The Hall–Kier alpha value is -3.43. The van der Waals surface area contributed by atoms with Gasteiger partial charge in [0.2, 0.25) is 0 Å². The highest BCUT2D eigenvalue weighted by molar-refractivity contribution is 5.94. The molecule has 29 heavy (non-hydrogen) atoms.